The monoisotopic (exact) mass is 243 g/mol. The van der Waals surface area contributed by atoms with Crippen LogP contribution in [0.25, 0.3) is 10.9 Å². The van der Waals surface area contributed by atoms with Crippen molar-refractivity contribution in [3.8, 4) is 6.07 Å². The maximum absolute atomic E-state index is 10.6. The van der Waals surface area contributed by atoms with Gasteiger partial charge in [-0.15, -0.1) is 0 Å². The second kappa shape index (κ2) is 4.90. The van der Waals surface area contributed by atoms with E-state index >= 15 is 0 Å². The van der Waals surface area contributed by atoms with Crippen molar-refractivity contribution in [1.29, 1.82) is 5.26 Å². The third-order valence-electron chi connectivity index (χ3n) is 2.93. The molecule has 1 heterocycles. The van der Waals surface area contributed by atoms with Gasteiger partial charge in [0.15, 0.2) is 0 Å². The molecular weight excluding hydrogens is 230 g/mol. The van der Waals surface area contributed by atoms with Crippen LogP contribution in [-0.4, -0.2) is 22.1 Å². The van der Waals surface area contributed by atoms with E-state index in [9.17, 15) is 4.79 Å². The number of fused-ring (bicyclic) bond motifs is 1. The van der Waals surface area contributed by atoms with E-state index in [0.717, 1.165) is 16.5 Å². The van der Waals surface area contributed by atoms with Gasteiger partial charge >= 0.3 is 5.97 Å². The number of benzene rings is 1. The quantitative estimate of drug-likeness (QED) is 0.754. The van der Waals surface area contributed by atoms with Crippen molar-refractivity contribution in [1.82, 2.24) is 4.98 Å². The summed E-state index contributed by atoms with van der Waals surface area (Å²) in [6.45, 7) is 0. The SMILES string of the molecule is N#Cc1c[nH]c2ccc(CCC(N)C(=O)O)cc12. The molecular formula is C13H13N3O2. The number of aryl methyl sites for hydroxylation is 1. The van der Waals surface area contributed by atoms with E-state index < -0.39 is 12.0 Å². The first-order valence-electron chi connectivity index (χ1n) is 5.60. The molecule has 0 saturated heterocycles. The highest BCUT2D eigenvalue weighted by Gasteiger charge is 2.11. The summed E-state index contributed by atoms with van der Waals surface area (Å²) in [5, 5.41) is 18.5. The van der Waals surface area contributed by atoms with Crippen molar-refractivity contribution < 1.29 is 9.90 Å². The molecule has 0 spiro atoms. The highest BCUT2D eigenvalue weighted by atomic mass is 16.4. The molecule has 2 rings (SSSR count). The van der Waals surface area contributed by atoms with Gasteiger partial charge in [0.25, 0.3) is 0 Å². The number of H-pyrrole nitrogens is 1. The maximum atomic E-state index is 10.6. The van der Waals surface area contributed by atoms with E-state index in [-0.39, 0.29) is 0 Å². The summed E-state index contributed by atoms with van der Waals surface area (Å²) in [7, 11) is 0. The van der Waals surface area contributed by atoms with Crippen molar-refractivity contribution in [2.45, 2.75) is 18.9 Å². The molecule has 1 aromatic carbocycles. The van der Waals surface area contributed by atoms with Crippen molar-refractivity contribution in [2.75, 3.05) is 0 Å². The third kappa shape index (κ3) is 2.34. The van der Waals surface area contributed by atoms with Gasteiger partial charge in [-0.3, -0.25) is 4.79 Å². The molecule has 0 saturated carbocycles. The van der Waals surface area contributed by atoms with E-state index in [1.54, 1.807) is 6.20 Å². The molecule has 2 aromatic rings. The molecule has 4 N–H and O–H groups in total. The van der Waals surface area contributed by atoms with Crippen molar-refractivity contribution in [2.24, 2.45) is 5.73 Å². The average molecular weight is 243 g/mol. The average Bonchev–Trinajstić information content (AvgIpc) is 2.77. The highest BCUT2D eigenvalue weighted by molar-refractivity contribution is 5.86. The van der Waals surface area contributed by atoms with Gasteiger partial charge in [-0.25, -0.2) is 0 Å². The molecule has 1 atom stereocenters. The van der Waals surface area contributed by atoms with Gasteiger partial charge in [-0.1, -0.05) is 6.07 Å². The Kier molecular flexibility index (Phi) is 3.31. The first-order chi connectivity index (χ1) is 8.61. The van der Waals surface area contributed by atoms with Crippen LogP contribution in [-0.2, 0) is 11.2 Å². The molecule has 0 aliphatic rings. The summed E-state index contributed by atoms with van der Waals surface area (Å²) in [6.07, 6.45) is 2.63. The second-order valence-corrected chi connectivity index (χ2v) is 4.18. The lowest BCUT2D eigenvalue weighted by molar-refractivity contribution is -0.138. The van der Waals surface area contributed by atoms with Crippen LogP contribution in [0.3, 0.4) is 0 Å². The van der Waals surface area contributed by atoms with Crippen molar-refractivity contribution in [3.63, 3.8) is 0 Å². The second-order valence-electron chi connectivity index (χ2n) is 4.18. The fourth-order valence-electron chi connectivity index (χ4n) is 1.86. The number of hydrogen-bond acceptors (Lipinski definition) is 3. The molecule has 0 aliphatic carbocycles. The van der Waals surface area contributed by atoms with Gasteiger partial charge in [0.05, 0.1) is 5.56 Å². The number of hydrogen-bond donors (Lipinski definition) is 3. The largest absolute Gasteiger partial charge is 0.480 e. The predicted molar refractivity (Wildman–Crippen MR) is 66.9 cm³/mol. The number of carbonyl (C=O) groups is 1. The molecule has 0 radical (unpaired) electrons. The van der Waals surface area contributed by atoms with Crippen molar-refractivity contribution in [3.05, 3.63) is 35.5 Å². The predicted octanol–water partition coefficient (Wildman–Crippen LogP) is 1.38. The van der Waals surface area contributed by atoms with Crippen molar-refractivity contribution >= 4 is 16.9 Å². The lowest BCUT2D eigenvalue weighted by Crippen LogP contribution is -2.30. The van der Waals surface area contributed by atoms with E-state index in [1.807, 2.05) is 18.2 Å². The lowest BCUT2D eigenvalue weighted by Gasteiger charge is -2.06. The smallest absolute Gasteiger partial charge is 0.320 e. The first kappa shape index (κ1) is 12.1. The van der Waals surface area contributed by atoms with Gasteiger partial charge in [-0.05, 0) is 30.5 Å². The zero-order valence-corrected chi connectivity index (χ0v) is 9.68. The molecule has 5 heteroatoms. The minimum Gasteiger partial charge on any atom is -0.480 e. The Bertz CT molecular complexity index is 625. The lowest BCUT2D eigenvalue weighted by atomic mass is 10.0. The molecule has 92 valence electrons. The molecule has 5 nitrogen and oxygen atoms in total. The molecule has 0 amide bonds. The number of aromatic nitrogens is 1. The summed E-state index contributed by atoms with van der Waals surface area (Å²) < 4.78 is 0. The Morgan fingerprint density at radius 2 is 2.33 bits per heavy atom. The van der Waals surface area contributed by atoms with Crippen LogP contribution in [0.4, 0.5) is 0 Å². The number of rotatable bonds is 4. The minimum absolute atomic E-state index is 0.382. The number of nitriles is 1. The summed E-state index contributed by atoms with van der Waals surface area (Å²) in [6, 6.07) is 6.96. The Morgan fingerprint density at radius 3 is 3.00 bits per heavy atom. The Balaban J connectivity index is 2.20. The Labute approximate surface area is 104 Å². The number of aromatic amines is 1. The van der Waals surface area contributed by atoms with Gasteiger partial charge in [-0.2, -0.15) is 5.26 Å². The Morgan fingerprint density at radius 1 is 1.56 bits per heavy atom. The number of carboxylic acid groups (broad SMARTS) is 1. The van der Waals surface area contributed by atoms with Crippen LogP contribution in [0.1, 0.15) is 17.5 Å². The first-order valence-corrected chi connectivity index (χ1v) is 5.60. The molecule has 1 unspecified atom stereocenters. The summed E-state index contributed by atoms with van der Waals surface area (Å²) in [5.41, 5.74) is 7.93. The number of aliphatic carboxylic acids is 1. The normalized spacial score (nSPS) is 12.2. The molecule has 0 fully saturated rings. The number of nitrogens with zero attached hydrogens (tertiary/aromatic N) is 1. The fraction of sp³-hybridized carbons (Fsp3) is 0.231. The molecule has 0 bridgehead atoms. The summed E-state index contributed by atoms with van der Waals surface area (Å²) in [5.74, 6) is -0.990. The van der Waals surface area contributed by atoms with Crippen LogP contribution in [0.5, 0.6) is 0 Å². The van der Waals surface area contributed by atoms with Crippen LogP contribution in [0, 0.1) is 11.3 Å². The highest BCUT2D eigenvalue weighted by Crippen LogP contribution is 2.20. The van der Waals surface area contributed by atoms with E-state index in [0.29, 0.717) is 18.4 Å². The van der Waals surface area contributed by atoms with E-state index in [2.05, 4.69) is 11.1 Å². The number of nitrogens with one attached hydrogen (secondary N) is 1. The maximum Gasteiger partial charge on any atom is 0.320 e. The number of carboxylic acids is 1. The van der Waals surface area contributed by atoms with E-state index in [1.165, 1.54) is 0 Å². The summed E-state index contributed by atoms with van der Waals surface area (Å²) >= 11 is 0. The van der Waals surface area contributed by atoms with Crippen LogP contribution in [0.15, 0.2) is 24.4 Å². The fourth-order valence-corrected chi connectivity index (χ4v) is 1.86. The standard InChI is InChI=1S/C13H13N3O2/c14-6-9-7-16-12-4-2-8(5-10(9)12)1-3-11(15)13(17)18/h2,4-5,7,11,16H,1,3,15H2,(H,17,18). The van der Waals surface area contributed by atoms with Gasteiger partial charge in [0, 0.05) is 17.1 Å². The third-order valence-corrected chi connectivity index (χ3v) is 2.93. The van der Waals surface area contributed by atoms with Gasteiger partial charge in [0.2, 0.25) is 0 Å². The van der Waals surface area contributed by atoms with Gasteiger partial charge < -0.3 is 15.8 Å². The van der Waals surface area contributed by atoms with Crippen LogP contribution in [0.2, 0.25) is 0 Å². The molecule has 1 aromatic heterocycles. The number of nitrogens with two attached hydrogens (primary N) is 1. The zero-order valence-electron chi connectivity index (χ0n) is 9.68. The zero-order chi connectivity index (χ0) is 13.1. The van der Waals surface area contributed by atoms with Crippen LogP contribution < -0.4 is 5.73 Å². The topological polar surface area (TPSA) is 103 Å². The summed E-state index contributed by atoms with van der Waals surface area (Å²) in [4.78, 5) is 13.6. The van der Waals surface area contributed by atoms with E-state index in [4.69, 9.17) is 16.1 Å². The Hall–Kier alpha value is -2.32. The minimum atomic E-state index is -0.990. The van der Waals surface area contributed by atoms with Gasteiger partial charge in [0.1, 0.15) is 12.1 Å². The molecule has 0 aliphatic heterocycles. The van der Waals surface area contributed by atoms with Crippen LogP contribution >= 0.6 is 0 Å². The molecule has 18 heavy (non-hydrogen) atoms.